The highest BCUT2D eigenvalue weighted by Crippen LogP contribution is 2.35. The first-order chi connectivity index (χ1) is 9.70. The van der Waals surface area contributed by atoms with Gasteiger partial charge in [-0.3, -0.25) is 0 Å². The molecule has 2 atom stereocenters. The largest absolute Gasteiger partial charge is 0.496 e. The third-order valence-corrected chi connectivity index (χ3v) is 4.91. The Labute approximate surface area is 134 Å². The van der Waals surface area contributed by atoms with Gasteiger partial charge in [-0.25, -0.2) is 0 Å². The van der Waals surface area contributed by atoms with Crippen molar-refractivity contribution in [3.8, 4) is 5.75 Å². The van der Waals surface area contributed by atoms with Crippen molar-refractivity contribution in [3.63, 3.8) is 0 Å². The zero-order valence-corrected chi connectivity index (χ0v) is 13.9. The van der Waals surface area contributed by atoms with E-state index >= 15 is 0 Å². The Balaban J connectivity index is 0.00000161. The molecule has 1 aromatic rings. The molecule has 2 unspecified atom stereocenters. The molecule has 0 aromatic heterocycles. The molecule has 0 amide bonds. The van der Waals surface area contributed by atoms with Gasteiger partial charge in [0.2, 0.25) is 0 Å². The predicted octanol–water partition coefficient (Wildman–Crippen LogP) is 2.91. The van der Waals surface area contributed by atoms with Gasteiger partial charge in [0, 0.05) is 25.6 Å². The second kappa shape index (κ2) is 6.99. The maximum atomic E-state index is 5.52. The maximum Gasteiger partial charge on any atom is 0.122 e. The molecule has 3 nitrogen and oxygen atoms in total. The number of benzene rings is 1. The summed E-state index contributed by atoms with van der Waals surface area (Å²) in [6, 6.07) is 8.50. The third kappa shape index (κ3) is 3.71. The van der Waals surface area contributed by atoms with E-state index in [2.05, 4.69) is 41.4 Å². The summed E-state index contributed by atoms with van der Waals surface area (Å²) in [5.41, 5.74) is 1.85. The number of ether oxygens (including phenoxy) is 1. The monoisotopic (exact) mass is 310 g/mol. The molecule has 3 rings (SSSR count). The summed E-state index contributed by atoms with van der Waals surface area (Å²) in [7, 11) is 1.77. The maximum absolute atomic E-state index is 5.52. The molecule has 118 valence electrons. The average molecular weight is 311 g/mol. The number of likely N-dealkylation sites (tertiary alicyclic amines) is 1. The van der Waals surface area contributed by atoms with Crippen molar-refractivity contribution < 1.29 is 4.74 Å². The molecule has 0 spiro atoms. The molecular formula is C17H27ClN2O. The lowest BCUT2D eigenvalue weighted by Crippen LogP contribution is -2.36. The van der Waals surface area contributed by atoms with Crippen molar-refractivity contribution in [2.45, 2.75) is 25.7 Å². The topological polar surface area (TPSA) is 24.5 Å². The minimum atomic E-state index is 0. The van der Waals surface area contributed by atoms with Crippen LogP contribution in [0.5, 0.6) is 5.75 Å². The van der Waals surface area contributed by atoms with Crippen LogP contribution in [0, 0.1) is 5.41 Å². The third-order valence-electron chi connectivity index (χ3n) is 4.91. The van der Waals surface area contributed by atoms with Crippen molar-refractivity contribution in [3.05, 3.63) is 29.8 Å². The number of halogens is 1. The SMILES string of the molecule is COc1ccccc1C1CCN(CC2(C)CCNC2)C1.Cl. The van der Waals surface area contributed by atoms with Gasteiger partial charge in [-0.05, 0) is 43.0 Å². The number of methoxy groups -OCH3 is 1. The number of nitrogens with one attached hydrogen (secondary N) is 1. The summed E-state index contributed by atoms with van der Waals surface area (Å²) < 4.78 is 5.52. The van der Waals surface area contributed by atoms with Crippen LogP contribution in [0.15, 0.2) is 24.3 Å². The van der Waals surface area contributed by atoms with E-state index in [4.69, 9.17) is 4.74 Å². The van der Waals surface area contributed by atoms with E-state index in [0.29, 0.717) is 11.3 Å². The summed E-state index contributed by atoms with van der Waals surface area (Å²) in [6.45, 7) is 8.40. The fourth-order valence-electron chi connectivity index (χ4n) is 3.78. The lowest BCUT2D eigenvalue weighted by atomic mass is 9.89. The van der Waals surface area contributed by atoms with E-state index in [1.165, 1.54) is 51.1 Å². The van der Waals surface area contributed by atoms with Crippen LogP contribution in [0.25, 0.3) is 0 Å². The molecule has 4 heteroatoms. The van der Waals surface area contributed by atoms with Gasteiger partial charge in [0.05, 0.1) is 7.11 Å². The highest BCUT2D eigenvalue weighted by Gasteiger charge is 2.34. The Morgan fingerprint density at radius 1 is 1.38 bits per heavy atom. The van der Waals surface area contributed by atoms with Crippen molar-refractivity contribution >= 4 is 12.4 Å². The van der Waals surface area contributed by atoms with Gasteiger partial charge < -0.3 is 15.0 Å². The zero-order chi connectivity index (χ0) is 14.0. The minimum absolute atomic E-state index is 0. The van der Waals surface area contributed by atoms with E-state index in [9.17, 15) is 0 Å². The van der Waals surface area contributed by atoms with Crippen LogP contribution < -0.4 is 10.1 Å². The van der Waals surface area contributed by atoms with Gasteiger partial charge in [-0.1, -0.05) is 25.1 Å². The average Bonchev–Trinajstić information content (AvgIpc) is 3.08. The standard InChI is InChI=1S/C17H26N2O.ClH/c1-17(8-9-18-12-17)13-19-10-7-14(11-19)15-5-3-4-6-16(15)20-2;/h3-6,14,18H,7-13H2,1-2H3;1H. The van der Waals surface area contributed by atoms with Crippen LogP contribution in [0.4, 0.5) is 0 Å². The molecule has 0 bridgehead atoms. The zero-order valence-electron chi connectivity index (χ0n) is 13.1. The Hall–Kier alpha value is -0.770. The summed E-state index contributed by atoms with van der Waals surface area (Å²) in [6.07, 6.45) is 2.56. The molecule has 0 aliphatic carbocycles. The molecule has 2 fully saturated rings. The first-order valence-corrected chi connectivity index (χ1v) is 7.76. The number of hydrogen-bond donors (Lipinski definition) is 1. The van der Waals surface area contributed by atoms with Crippen LogP contribution >= 0.6 is 12.4 Å². The summed E-state index contributed by atoms with van der Waals surface area (Å²) in [5.74, 6) is 1.68. The molecule has 2 aliphatic heterocycles. The summed E-state index contributed by atoms with van der Waals surface area (Å²) >= 11 is 0. The van der Waals surface area contributed by atoms with Crippen molar-refractivity contribution in [2.75, 3.05) is 39.8 Å². The molecule has 1 aromatic carbocycles. The van der Waals surface area contributed by atoms with Gasteiger partial charge in [0.15, 0.2) is 0 Å². The van der Waals surface area contributed by atoms with Gasteiger partial charge >= 0.3 is 0 Å². The number of rotatable bonds is 4. The Kier molecular flexibility index (Phi) is 5.53. The molecule has 1 N–H and O–H groups in total. The van der Waals surface area contributed by atoms with Gasteiger partial charge in [-0.2, -0.15) is 0 Å². The predicted molar refractivity (Wildman–Crippen MR) is 89.6 cm³/mol. The van der Waals surface area contributed by atoms with E-state index in [1.807, 2.05) is 0 Å². The Bertz CT molecular complexity index is 460. The van der Waals surface area contributed by atoms with Crippen molar-refractivity contribution in [1.29, 1.82) is 0 Å². The molecule has 0 radical (unpaired) electrons. The quantitative estimate of drug-likeness (QED) is 0.925. The van der Waals surface area contributed by atoms with Crippen molar-refractivity contribution in [1.82, 2.24) is 10.2 Å². The summed E-state index contributed by atoms with van der Waals surface area (Å²) in [5, 5.41) is 3.50. The van der Waals surface area contributed by atoms with Gasteiger partial charge in [-0.15, -0.1) is 12.4 Å². The smallest absolute Gasteiger partial charge is 0.122 e. The van der Waals surface area contributed by atoms with Gasteiger partial charge in [0.1, 0.15) is 5.75 Å². The molecular weight excluding hydrogens is 284 g/mol. The number of nitrogens with zero attached hydrogens (tertiary/aromatic N) is 1. The fraction of sp³-hybridized carbons (Fsp3) is 0.647. The van der Waals surface area contributed by atoms with Crippen LogP contribution in [-0.4, -0.2) is 44.7 Å². The highest BCUT2D eigenvalue weighted by atomic mass is 35.5. The lowest BCUT2D eigenvalue weighted by molar-refractivity contribution is 0.207. The van der Waals surface area contributed by atoms with Crippen LogP contribution in [0.3, 0.4) is 0 Å². The second-order valence-electron chi connectivity index (χ2n) is 6.70. The van der Waals surface area contributed by atoms with Crippen LogP contribution in [0.1, 0.15) is 31.2 Å². The minimum Gasteiger partial charge on any atom is -0.496 e. The first-order valence-electron chi connectivity index (χ1n) is 7.76. The first kappa shape index (κ1) is 16.6. The van der Waals surface area contributed by atoms with E-state index < -0.39 is 0 Å². The molecule has 21 heavy (non-hydrogen) atoms. The van der Waals surface area contributed by atoms with E-state index in [0.717, 1.165) is 5.75 Å². The molecule has 2 heterocycles. The molecule has 2 saturated heterocycles. The lowest BCUT2D eigenvalue weighted by Gasteiger charge is -2.29. The normalized spacial score (nSPS) is 29.3. The highest BCUT2D eigenvalue weighted by molar-refractivity contribution is 5.85. The van der Waals surface area contributed by atoms with Gasteiger partial charge in [0.25, 0.3) is 0 Å². The number of para-hydroxylation sites is 1. The van der Waals surface area contributed by atoms with Crippen LogP contribution in [-0.2, 0) is 0 Å². The molecule has 0 saturated carbocycles. The Morgan fingerprint density at radius 2 is 2.19 bits per heavy atom. The second-order valence-corrected chi connectivity index (χ2v) is 6.70. The number of hydrogen-bond acceptors (Lipinski definition) is 3. The Morgan fingerprint density at radius 3 is 2.90 bits per heavy atom. The van der Waals surface area contributed by atoms with Crippen LogP contribution in [0.2, 0.25) is 0 Å². The van der Waals surface area contributed by atoms with E-state index in [-0.39, 0.29) is 12.4 Å². The summed E-state index contributed by atoms with van der Waals surface area (Å²) in [4.78, 5) is 2.64. The van der Waals surface area contributed by atoms with E-state index in [1.54, 1.807) is 7.11 Å². The fourth-order valence-corrected chi connectivity index (χ4v) is 3.78. The van der Waals surface area contributed by atoms with Crippen molar-refractivity contribution in [2.24, 2.45) is 5.41 Å². The molecule has 2 aliphatic rings.